The Morgan fingerprint density at radius 1 is 0.688 bits per heavy atom. The Balaban J connectivity index is 0.989. The summed E-state index contributed by atoms with van der Waals surface area (Å²) in [5.41, 5.74) is 4.98. The van der Waals surface area contributed by atoms with Crippen molar-refractivity contribution >= 4 is 23.5 Å². The maximum absolute atomic E-state index is 15.4. The quantitative estimate of drug-likeness (QED) is 0.0300. The van der Waals surface area contributed by atoms with Crippen LogP contribution in [0.15, 0.2) is 109 Å². The molecule has 0 bridgehead atoms. The average molecular weight is 1110 g/mol. The first-order valence-electron chi connectivity index (χ1n) is 27.9. The number of ether oxygens (including phenoxy) is 11. The van der Waals surface area contributed by atoms with Crippen molar-refractivity contribution < 1.29 is 70.9 Å². The lowest BCUT2D eigenvalue weighted by atomic mass is 9.94. The number of rotatable bonds is 35. The van der Waals surface area contributed by atoms with Gasteiger partial charge in [0.1, 0.15) is 30.4 Å². The molecule has 1 saturated heterocycles. The SMILES string of the molecule is CC(C)c1c(C(=O)Nc2ccccc2)c(-c2ccccc2)c(-c2ccc(F)cc2OCCOCCOCCOCCOCCOCCOCCCC(=O)OCc2ccccc2)n1CC[C@@H]1C[C@H](CC(=O)OC(C)(C)C)OC(C)(C)O1. The number of anilines is 1. The molecule has 6 rings (SSSR count). The van der Waals surface area contributed by atoms with Gasteiger partial charge < -0.3 is 62.0 Å². The van der Waals surface area contributed by atoms with Crippen molar-refractivity contribution in [2.75, 3.05) is 91.2 Å². The van der Waals surface area contributed by atoms with E-state index in [1.165, 1.54) is 12.1 Å². The van der Waals surface area contributed by atoms with E-state index in [0.717, 1.165) is 16.8 Å². The second-order valence-electron chi connectivity index (χ2n) is 21.1. The van der Waals surface area contributed by atoms with Crippen LogP contribution in [0.4, 0.5) is 10.1 Å². The molecular weight excluding hydrogens is 1030 g/mol. The van der Waals surface area contributed by atoms with E-state index in [9.17, 15) is 14.4 Å². The summed E-state index contributed by atoms with van der Waals surface area (Å²) in [7, 11) is 0. The third-order valence-corrected chi connectivity index (χ3v) is 12.5. The minimum atomic E-state index is -0.980. The predicted octanol–water partition coefficient (Wildman–Crippen LogP) is 11.4. The number of hydrogen-bond acceptors (Lipinski definition) is 14. The first-order valence-corrected chi connectivity index (χ1v) is 27.9. The lowest BCUT2D eigenvalue weighted by Gasteiger charge is -2.41. The number of esters is 2. The van der Waals surface area contributed by atoms with Gasteiger partial charge in [-0.15, -0.1) is 0 Å². The summed E-state index contributed by atoms with van der Waals surface area (Å²) in [6.45, 7) is 18.7. The van der Waals surface area contributed by atoms with Crippen LogP contribution in [-0.2, 0) is 70.1 Å². The molecule has 2 atom stereocenters. The molecule has 1 aromatic heterocycles. The minimum absolute atomic E-state index is 0.0761. The third kappa shape index (κ3) is 21.8. The molecule has 2 heterocycles. The summed E-state index contributed by atoms with van der Waals surface area (Å²) >= 11 is 0. The van der Waals surface area contributed by atoms with E-state index in [0.29, 0.717) is 133 Å². The fourth-order valence-corrected chi connectivity index (χ4v) is 9.30. The van der Waals surface area contributed by atoms with Crippen LogP contribution in [0.5, 0.6) is 5.75 Å². The molecule has 80 heavy (non-hydrogen) atoms. The first-order chi connectivity index (χ1) is 38.6. The number of aromatic nitrogens is 1. The van der Waals surface area contributed by atoms with Crippen LogP contribution in [0.3, 0.4) is 0 Å². The summed E-state index contributed by atoms with van der Waals surface area (Å²) in [5, 5.41) is 3.15. The molecule has 1 amide bonds. The maximum Gasteiger partial charge on any atom is 0.308 e. The Morgan fingerprint density at radius 3 is 1.80 bits per heavy atom. The van der Waals surface area contributed by atoms with Crippen LogP contribution in [0.25, 0.3) is 22.4 Å². The maximum atomic E-state index is 15.4. The van der Waals surface area contributed by atoms with Gasteiger partial charge in [0, 0.05) is 54.6 Å². The highest BCUT2D eigenvalue weighted by Gasteiger charge is 2.38. The highest BCUT2D eigenvalue weighted by atomic mass is 19.1. The molecule has 17 heteroatoms. The van der Waals surface area contributed by atoms with Gasteiger partial charge in [0.15, 0.2) is 5.79 Å². The number of benzene rings is 4. The second-order valence-corrected chi connectivity index (χ2v) is 21.1. The Bertz CT molecular complexity index is 2620. The van der Waals surface area contributed by atoms with Crippen LogP contribution in [0, 0.1) is 5.82 Å². The number of nitrogens with one attached hydrogen (secondary N) is 1. The molecule has 0 saturated carbocycles. The second kappa shape index (κ2) is 33.0. The van der Waals surface area contributed by atoms with Gasteiger partial charge in [-0.25, -0.2) is 4.39 Å². The first kappa shape index (κ1) is 63.2. The lowest BCUT2D eigenvalue weighted by Crippen LogP contribution is -2.46. The normalized spacial score (nSPS) is 15.2. The number of halogens is 1. The molecule has 5 aromatic rings. The summed E-state index contributed by atoms with van der Waals surface area (Å²) in [5.74, 6) is -2.21. The lowest BCUT2D eigenvalue weighted by molar-refractivity contribution is -0.301. The molecule has 436 valence electrons. The number of nitrogens with zero attached hydrogens (tertiary/aromatic N) is 1. The van der Waals surface area contributed by atoms with Crippen molar-refractivity contribution in [1.29, 1.82) is 0 Å². The van der Waals surface area contributed by atoms with Gasteiger partial charge in [0.25, 0.3) is 5.91 Å². The van der Waals surface area contributed by atoms with Crippen molar-refractivity contribution in [3.63, 3.8) is 0 Å². The molecule has 0 spiro atoms. The van der Waals surface area contributed by atoms with Gasteiger partial charge in [-0.2, -0.15) is 0 Å². The Kier molecular flexibility index (Phi) is 26.1. The Morgan fingerprint density at radius 2 is 1.23 bits per heavy atom. The zero-order valence-electron chi connectivity index (χ0n) is 47.8. The molecule has 1 aliphatic rings. The number of amides is 1. The summed E-state index contributed by atoms with van der Waals surface area (Å²) < 4.78 is 81.5. The number of para-hydroxylation sites is 1. The van der Waals surface area contributed by atoms with Gasteiger partial charge in [-0.1, -0.05) is 92.7 Å². The van der Waals surface area contributed by atoms with Crippen molar-refractivity contribution in [2.45, 2.75) is 123 Å². The Labute approximate surface area is 471 Å². The number of carbonyl (C=O) groups excluding carboxylic acids is 3. The van der Waals surface area contributed by atoms with Crippen LogP contribution in [0.2, 0.25) is 0 Å². The van der Waals surface area contributed by atoms with E-state index < -0.39 is 23.3 Å². The number of hydrogen-bond donors (Lipinski definition) is 1. The largest absolute Gasteiger partial charge is 0.490 e. The standard InChI is InChI=1S/C63H83FN2O14/c1-46(2)59-58(61(69)65-50-22-15-10-16-23-50)57(48-20-13-9-14-21-48)60(66(59)28-27-51-43-52(79-63(6,7)78-51)44-56(68)80-62(3,4)5)53-26-25-49(64)42-54(53)76-41-40-75-39-38-74-37-36-73-35-34-72-33-32-71-31-30-70-29-17-24-55(67)77-45-47-18-11-8-12-19-47/h8-16,18-23,25-26,42,46,51-52H,17,24,27-41,43-45H2,1-7H3,(H,65,69)/t51-,52-/m1/s1. The molecule has 0 aliphatic carbocycles. The van der Waals surface area contributed by atoms with Crippen LogP contribution < -0.4 is 10.1 Å². The van der Waals surface area contributed by atoms with Gasteiger partial charge in [0.05, 0.1) is 103 Å². The Hall–Kier alpha value is -6.02. The summed E-state index contributed by atoms with van der Waals surface area (Å²) in [4.78, 5) is 39.8. The summed E-state index contributed by atoms with van der Waals surface area (Å²) in [6.07, 6.45) is 1.14. The van der Waals surface area contributed by atoms with Gasteiger partial charge in [-0.3, -0.25) is 14.4 Å². The molecule has 0 radical (unpaired) electrons. The molecule has 1 aliphatic heterocycles. The van der Waals surface area contributed by atoms with E-state index in [2.05, 4.69) is 23.7 Å². The zero-order valence-corrected chi connectivity index (χ0v) is 47.8. The summed E-state index contributed by atoms with van der Waals surface area (Å²) in [6, 6.07) is 33.1. The minimum Gasteiger partial charge on any atom is -0.490 e. The van der Waals surface area contributed by atoms with Crippen molar-refractivity contribution in [1.82, 2.24) is 4.57 Å². The van der Waals surface area contributed by atoms with Gasteiger partial charge in [-0.05, 0) is 88.8 Å². The van der Waals surface area contributed by atoms with Crippen molar-refractivity contribution in [2.24, 2.45) is 0 Å². The van der Waals surface area contributed by atoms with Gasteiger partial charge >= 0.3 is 11.9 Å². The molecule has 0 unspecified atom stereocenters. The highest BCUT2D eigenvalue weighted by Crippen LogP contribution is 2.46. The fourth-order valence-electron chi connectivity index (χ4n) is 9.30. The third-order valence-electron chi connectivity index (χ3n) is 12.5. The molecule has 1 fully saturated rings. The monoisotopic (exact) mass is 1110 g/mol. The highest BCUT2D eigenvalue weighted by molar-refractivity contribution is 6.12. The molecule has 1 N–H and O–H groups in total. The van der Waals surface area contributed by atoms with Gasteiger partial charge in [0.2, 0.25) is 0 Å². The van der Waals surface area contributed by atoms with E-state index >= 15 is 4.39 Å². The van der Waals surface area contributed by atoms with Crippen molar-refractivity contribution in [3.8, 4) is 28.1 Å². The average Bonchev–Trinajstić information content (AvgIpc) is 3.93. The van der Waals surface area contributed by atoms with E-state index in [-0.39, 0.29) is 61.9 Å². The molecule has 4 aromatic carbocycles. The molecular formula is C63H83FN2O14. The van der Waals surface area contributed by atoms with Crippen LogP contribution in [-0.4, -0.2) is 132 Å². The van der Waals surface area contributed by atoms with E-state index in [1.807, 2.05) is 126 Å². The fraction of sp³-hybridized carbons (Fsp3) is 0.508. The smallest absolute Gasteiger partial charge is 0.308 e. The molecule has 16 nitrogen and oxygen atoms in total. The van der Waals surface area contributed by atoms with Crippen molar-refractivity contribution in [3.05, 3.63) is 132 Å². The predicted molar refractivity (Wildman–Crippen MR) is 303 cm³/mol. The zero-order chi connectivity index (χ0) is 57.2. The van der Waals surface area contributed by atoms with Crippen LogP contribution >= 0.6 is 0 Å². The number of carbonyl (C=O) groups is 3. The van der Waals surface area contributed by atoms with E-state index in [4.69, 9.17) is 52.1 Å². The van der Waals surface area contributed by atoms with E-state index in [1.54, 1.807) is 6.07 Å². The topological polar surface area (TPSA) is 170 Å². The van der Waals surface area contributed by atoms with Crippen LogP contribution in [0.1, 0.15) is 108 Å².